The van der Waals surface area contributed by atoms with Gasteiger partial charge in [0.2, 0.25) is 0 Å². The molecule has 1 fully saturated rings. The standard InChI is InChI=1S/C14H19ClN2O2/c1-10(19-13-6-2-4-11(15)8-13)14(18)17-7-3-5-12(17)9-16/h2,4,6,8,10,12H,3,5,7,9,16H2,1H3. The molecule has 1 saturated heterocycles. The Morgan fingerprint density at radius 3 is 3.11 bits per heavy atom. The Hall–Kier alpha value is -1.26. The Bertz CT molecular complexity index is 453. The molecule has 1 aromatic rings. The van der Waals surface area contributed by atoms with Gasteiger partial charge in [-0.25, -0.2) is 0 Å². The number of halogens is 1. The molecule has 1 aromatic carbocycles. The molecule has 2 atom stereocenters. The van der Waals surface area contributed by atoms with Crippen molar-refractivity contribution in [2.45, 2.75) is 31.9 Å². The zero-order valence-corrected chi connectivity index (χ0v) is 11.8. The summed E-state index contributed by atoms with van der Waals surface area (Å²) in [5.41, 5.74) is 5.68. The van der Waals surface area contributed by atoms with Gasteiger partial charge in [0.15, 0.2) is 6.10 Å². The van der Waals surface area contributed by atoms with Crippen LogP contribution < -0.4 is 10.5 Å². The first-order valence-corrected chi connectivity index (χ1v) is 6.92. The number of hydrogen-bond donors (Lipinski definition) is 1. The molecule has 0 bridgehead atoms. The lowest BCUT2D eigenvalue weighted by Gasteiger charge is -2.26. The fraction of sp³-hybridized carbons (Fsp3) is 0.500. The highest BCUT2D eigenvalue weighted by Crippen LogP contribution is 2.21. The second-order valence-corrected chi connectivity index (χ2v) is 5.22. The predicted octanol–water partition coefficient (Wildman–Crippen LogP) is 2.06. The van der Waals surface area contributed by atoms with Crippen molar-refractivity contribution in [2.24, 2.45) is 5.73 Å². The van der Waals surface area contributed by atoms with Gasteiger partial charge in [0.05, 0.1) is 0 Å². The maximum atomic E-state index is 12.3. The quantitative estimate of drug-likeness (QED) is 0.920. The Labute approximate surface area is 118 Å². The monoisotopic (exact) mass is 282 g/mol. The molecule has 5 heteroatoms. The van der Waals surface area contributed by atoms with Crippen LogP contribution in [0, 0.1) is 0 Å². The van der Waals surface area contributed by atoms with E-state index < -0.39 is 6.10 Å². The molecule has 0 aromatic heterocycles. The maximum Gasteiger partial charge on any atom is 0.263 e. The Morgan fingerprint density at radius 2 is 2.42 bits per heavy atom. The van der Waals surface area contributed by atoms with Crippen LogP contribution in [0.1, 0.15) is 19.8 Å². The van der Waals surface area contributed by atoms with E-state index in [2.05, 4.69) is 0 Å². The van der Waals surface area contributed by atoms with E-state index >= 15 is 0 Å². The third-order valence-corrected chi connectivity index (χ3v) is 3.62. The van der Waals surface area contributed by atoms with Crippen LogP contribution in [0.15, 0.2) is 24.3 Å². The Kier molecular flexibility index (Phi) is 4.66. The number of amides is 1. The van der Waals surface area contributed by atoms with E-state index in [1.165, 1.54) is 0 Å². The first kappa shape index (κ1) is 14.2. The summed E-state index contributed by atoms with van der Waals surface area (Å²) in [5, 5.41) is 0.596. The smallest absolute Gasteiger partial charge is 0.263 e. The summed E-state index contributed by atoms with van der Waals surface area (Å²) in [6.45, 7) is 3.04. The van der Waals surface area contributed by atoms with Crippen LogP contribution in [0.2, 0.25) is 5.02 Å². The number of carbonyl (C=O) groups excluding carboxylic acids is 1. The van der Waals surface area contributed by atoms with E-state index in [-0.39, 0.29) is 11.9 Å². The number of rotatable bonds is 4. The number of nitrogens with two attached hydrogens (primary N) is 1. The molecule has 2 rings (SSSR count). The van der Waals surface area contributed by atoms with Crippen LogP contribution in [0.25, 0.3) is 0 Å². The molecule has 1 amide bonds. The molecule has 1 heterocycles. The first-order valence-electron chi connectivity index (χ1n) is 6.54. The average molecular weight is 283 g/mol. The molecule has 4 nitrogen and oxygen atoms in total. The van der Waals surface area contributed by atoms with Gasteiger partial charge in [0.25, 0.3) is 5.91 Å². The van der Waals surface area contributed by atoms with Crippen LogP contribution >= 0.6 is 11.6 Å². The van der Waals surface area contributed by atoms with Crippen LogP contribution in [-0.4, -0.2) is 36.0 Å². The van der Waals surface area contributed by atoms with E-state index in [9.17, 15) is 4.79 Å². The number of hydrogen-bond acceptors (Lipinski definition) is 3. The Morgan fingerprint density at radius 1 is 1.63 bits per heavy atom. The summed E-state index contributed by atoms with van der Waals surface area (Å²) in [5.74, 6) is 0.602. The summed E-state index contributed by atoms with van der Waals surface area (Å²) in [6, 6.07) is 7.22. The van der Waals surface area contributed by atoms with Crippen LogP contribution in [0.3, 0.4) is 0 Å². The highest BCUT2D eigenvalue weighted by atomic mass is 35.5. The van der Waals surface area contributed by atoms with E-state index in [1.807, 2.05) is 4.90 Å². The minimum absolute atomic E-state index is 0.00655. The Balaban J connectivity index is 1.99. The normalized spacial score (nSPS) is 20.4. The van der Waals surface area contributed by atoms with Gasteiger partial charge < -0.3 is 15.4 Å². The number of likely N-dealkylation sites (tertiary alicyclic amines) is 1. The fourth-order valence-electron chi connectivity index (χ4n) is 2.40. The SMILES string of the molecule is CC(Oc1cccc(Cl)c1)C(=O)N1CCCC1CN. The van der Waals surface area contributed by atoms with E-state index in [0.29, 0.717) is 17.3 Å². The van der Waals surface area contributed by atoms with Gasteiger partial charge in [0.1, 0.15) is 5.75 Å². The van der Waals surface area contributed by atoms with Crippen LogP contribution in [0.4, 0.5) is 0 Å². The molecule has 0 saturated carbocycles. The lowest BCUT2D eigenvalue weighted by molar-refractivity contribution is -0.138. The van der Waals surface area contributed by atoms with E-state index in [1.54, 1.807) is 31.2 Å². The van der Waals surface area contributed by atoms with Gasteiger partial charge in [-0.2, -0.15) is 0 Å². The number of carbonyl (C=O) groups is 1. The summed E-state index contributed by atoms with van der Waals surface area (Å²) in [7, 11) is 0. The third kappa shape index (κ3) is 3.39. The number of benzene rings is 1. The molecular formula is C14H19ClN2O2. The van der Waals surface area contributed by atoms with E-state index in [4.69, 9.17) is 22.1 Å². The van der Waals surface area contributed by atoms with Crippen LogP contribution in [0.5, 0.6) is 5.75 Å². The molecule has 2 N–H and O–H groups in total. The van der Waals surface area contributed by atoms with Gasteiger partial charge in [-0.3, -0.25) is 4.79 Å². The van der Waals surface area contributed by atoms with Crippen molar-refractivity contribution in [3.05, 3.63) is 29.3 Å². The second-order valence-electron chi connectivity index (χ2n) is 4.78. The van der Waals surface area contributed by atoms with Gasteiger partial charge in [-0.1, -0.05) is 17.7 Å². The number of nitrogens with zero attached hydrogens (tertiary/aromatic N) is 1. The fourth-order valence-corrected chi connectivity index (χ4v) is 2.58. The molecule has 0 aliphatic carbocycles. The summed E-state index contributed by atoms with van der Waals surface area (Å²) >= 11 is 5.89. The van der Waals surface area contributed by atoms with Gasteiger partial charge in [-0.15, -0.1) is 0 Å². The predicted molar refractivity (Wildman–Crippen MR) is 75.3 cm³/mol. The van der Waals surface area contributed by atoms with Crippen molar-refractivity contribution >= 4 is 17.5 Å². The van der Waals surface area contributed by atoms with Crippen molar-refractivity contribution in [3.63, 3.8) is 0 Å². The molecule has 0 radical (unpaired) electrons. The van der Waals surface area contributed by atoms with Gasteiger partial charge in [0, 0.05) is 24.2 Å². The summed E-state index contributed by atoms with van der Waals surface area (Å²) < 4.78 is 5.65. The lowest BCUT2D eigenvalue weighted by Crippen LogP contribution is -2.45. The van der Waals surface area contributed by atoms with Crippen molar-refractivity contribution < 1.29 is 9.53 Å². The minimum Gasteiger partial charge on any atom is -0.481 e. The van der Waals surface area contributed by atoms with Crippen molar-refractivity contribution in [2.75, 3.05) is 13.1 Å². The maximum absolute atomic E-state index is 12.3. The highest BCUT2D eigenvalue weighted by molar-refractivity contribution is 6.30. The summed E-state index contributed by atoms with van der Waals surface area (Å²) in [6.07, 6.45) is 1.47. The van der Waals surface area contributed by atoms with E-state index in [0.717, 1.165) is 19.4 Å². The average Bonchev–Trinajstić information content (AvgIpc) is 2.86. The van der Waals surface area contributed by atoms with Crippen molar-refractivity contribution in [3.8, 4) is 5.75 Å². The zero-order valence-electron chi connectivity index (χ0n) is 11.0. The molecular weight excluding hydrogens is 264 g/mol. The highest BCUT2D eigenvalue weighted by Gasteiger charge is 2.31. The molecule has 104 valence electrons. The lowest BCUT2D eigenvalue weighted by atomic mass is 10.2. The molecule has 1 aliphatic heterocycles. The van der Waals surface area contributed by atoms with Gasteiger partial charge in [-0.05, 0) is 38.0 Å². The topological polar surface area (TPSA) is 55.6 Å². The molecule has 0 spiro atoms. The first-order chi connectivity index (χ1) is 9.11. The third-order valence-electron chi connectivity index (χ3n) is 3.39. The van der Waals surface area contributed by atoms with Crippen molar-refractivity contribution in [1.29, 1.82) is 0 Å². The zero-order chi connectivity index (χ0) is 13.8. The molecule has 19 heavy (non-hydrogen) atoms. The van der Waals surface area contributed by atoms with Crippen LogP contribution in [-0.2, 0) is 4.79 Å². The molecule has 2 unspecified atom stereocenters. The number of ether oxygens (including phenoxy) is 1. The largest absolute Gasteiger partial charge is 0.481 e. The summed E-state index contributed by atoms with van der Waals surface area (Å²) in [4.78, 5) is 14.1. The molecule has 1 aliphatic rings. The van der Waals surface area contributed by atoms with Crippen molar-refractivity contribution in [1.82, 2.24) is 4.90 Å². The van der Waals surface area contributed by atoms with Gasteiger partial charge >= 0.3 is 0 Å². The second kappa shape index (κ2) is 6.26. The minimum atomic E-state index is -0.523.